The van der Waals surface area contributed by atoms with Crippen molar-refractivity contribution in [2.24, 2.45) is 5.41 Å². The summed E-state index contributed by atoms with van der Waals surface area (Å²) in [5.41, 5.74) is 8.06. The molecule has 1 heteroatoms. The van der Waals surface area contributed by atoms with E-state index in [1.807, 2.05) is 0 Å². The Morgan fingerprint density at radius 3 is 2.35 bits per heavy atom. The molecule has 1 aromatic rings. The predicted octanol–water partition coefficient (Wildman–Crippen LogP) is 5.40. The molecule has 1 aromatic heterocycles. The van der Waals surface area contributed by atoms with Crippen molar-refractivity contribution in [1.29, 1.82) is 0 Å². The zero-order chi connectivity index (χ0) is 14.5. The van der Waals surface area contributed by atoms with Crippen LogP contribution in [0.1, 0.15) is 76.0 Å². The Morgan fingerprint density at radius 2 is 1.70 bits per heavy atom. The molecule has 0 aromatic carbocycles. The van der Waals surface area contributed by atoms with E-state index in [1.165, 1.54) is 36.8 Å². The summed E-state index contributed by atoms with van der Waals surface area (Å²) in [5, 5.41) is 0. The van der Waals surface area contributed by atoms with E-state index in [4.69, 9.17) is 0 Å². The molecule has 20 heavy (non-hydrogen) atoms. The lowest BCUT2D eigenvalue weighted by Gasteiger charge is -2.27. The number of aromatic nitrogens is 1. The average molecular weight is 269 g/mol. The number of nitrogens with zero attached hydrogens (tertiary/aromatic N) is 1. The molecule has 0 saturated carbocycles. The van der Waals surface area contributed by atoms with E-state index >= 15 is 0 Å². The van der Waals surface area contributed by atoms with Crippen LogP contribution < -0.4 is 0 Å². The molecule has 0 aliphatic heterocycles. The molecular formula is C19H27N. The standard InChI is InChI=1S/C19H27N/c1-13(2)20-17-9-7-6-8-15(17)16-12-14(19(3,4)5)10-11-18(16)20/h6,8,12-13H,7,9-11H2,1-5H3. The van der Waals surface area contributed by atoms with Crippen LogP contribution in [0.3, 0.4) is 0 Å². The lowest BCUT2D eigenvalue weighted by Crippen LogP contribution is -2.16. The molecule has 3 rings (SSSR count). The fraction of sp³-hybridized carbons (Fsp3) is 0.579. The monoisotopic (exact) mass is 269 g/mol. The molecule has 0 spiro atoms. The van der Waals surface area contributed by atoms with Gasteiger partial charge in [0.2, 0.25) is 0 Å². The van der Waals surface area contributed by atoms with Gasteiger partial charge in [0.25, 0.3) is 0 Å². The Bertz CT molecular complexity index is 588. The van der Waals surface area contributed by atoms with Crippen molar-refractivity contribution < 1.29 is 0 Å². The second-order valence-corrected chi connectivity index (χ2v) is 7.55. The fourth-order valence-corrected chi connectivity index (χ4v) is 3.73. The summed E-state index contributed by atoms with van der Waals surface area (Å²) in [4.78, 5) is 0. The number of rotatable bonds is 1. The zero-order valence-corrected chi connectivity index (χ0v) is 13.6. The minimum absolute atomic E-state index is 0.295. The van der Waals surface area contributed by atoms with Crippen molar-refractivity contribution in [2.75, 3.05) is 0 Å². The molecule has 0 radical (unpaired) electrons. The predicted molar refractivity (Wildman–Crippen MR) is 87.9 cm³/mol. The van der Waals surface area contributed by atoms with Crippen LogP contribution in [0, 0.1) is 5.41 Å². The molecule has 0 atom stereocenters. The topological polar surface area (TPSA) is 4.93 Å². The normalized spacial score (nSPS) is 18.0. The molecule has 2 aliphatic carbocycles. The van der Waals surface area contributed by atoms with Crippen molar-refractivity contribution in [1.82, 2.24) is 4.57 Å². The van der Waals surface area contributed by atoms with Crippen molar-refractivity contribution in [3.05, 3.63) is 34.2 Å². The third-order valence-corrected chi connectivity index (χ3v) is 4.76. The first-order chi connectivity index (χ1) is 9.39. The summed E-state index contributed by atoms with van der Waals surface area (Å²) in [6.07, 6.45) is 12.0. The quantitative estimate of drug-likeness (QED) is 0.643. The average Bonchev–Trinajstić information content (AvgIpc) is 2.71. The van der Waals surface area contributed by atoms with Gasteiger partial charge in [-0.2, -0.15) is 0 Å². The molecule has 2 aliphatic rings. The SMILES string of the molecule is CC(C)n1c2c(c3c1CCC(C(C)(C)C)=C3)C=CCC2. The molecule has 108 valence electrons. The second-order valence-electron chi connectivity index (χ2n) is 7.55. The van der Waals surface area contributed by atoms with Crippen LogP contribution in [0.2, 0.25) is 0 Å². The molecule has 0 fully saturated rings. The van der Waals surface area contributed by atoms with Crippen LogP contribution in [0.25, 0.3) is 12.2 Å². The third kappa shape index (κ3) is 2.08. The summed E-state index contributed by atoms with van der Waals surface area (Å²) in [7, 11) is 0. The summed E-state index contributed by atoms with van der Waals surface area (Å²) < 4.78 is 2.62. The molecule has 1 nitrogen and oxygen atoms in total. The lowest BCUT2D eigenvalue weighted by atomic mass is 9.79. The Morgan fingerprint density at radius 1 is 1.00 bits per heavy atom. The van der Waals surface area contributed by atoms with E-state index in [0.29, 0.717) is 11.5 Å². The van der Waals surface area contributed by atoms with Crippen LogP contribution in [0.15, 0.2) is 11.6 Å². The van der Waals surface area contributed by atoms with Crippen molar-refractivity contribution in [3.63, 3.8) is 0 Å². The van der Waals surface area contributed by atoms with E-state index in [1.54, 1.807) is 17.0 Å². The van der Waals surface area contributed by atoms with E-state index in [2.05, 4.69) is 57.4 Å². The molecule has 0 N–H and O–H groups in total. The van der Waals surface area contributed by atoms with Gasteiger partial charge in [0, 0.05) is 28.6 Å². The summed E-state index contributed by atoms with van der Waals surface area (Å²) >= 11 is 0. The first kappa shape index (κ1) is 13.7. The first-order valence-corrected chi connectivity index (χ1v) is 8.03. The molecule has 0 unspecified atom stereocenters. The molecule has 1 heterocycles. The lowest BCUT2D eigenvalue weighted by molar-refractivity contribution is 0.476. The number of allylic oxidation sites excluding steroid dienone is 2. The Balaban J connectivity index is 2.21. The maximum atomic E-state index is 2.62. The highest BCUT2D eigenvalue weighted by Crippen LogP contribution is 2.41. The zero-order valence-electron chi connectivity index (χ0n) is 13.6. The smallest absolute Gasteiger partial charge is 0.0280 e. The number of hydrogen-bond donors (Lipinski definition) is 0. The van der Waals surface area contributed by atoms with Gasteiger partial charge < -0.3 is 4.57 Å². The minimum atomic E-state index is 0.295. The second kappa shape index (κ2) is 4.65. The highest BCUT2D eigenvalue weighted by molar-refractivity contribution is 5.74. The van der Waals surface area contributed by atoms with E-state index < -0.39 is 0 Å². The Hall–Kier alpha value is -1.24. The first-order valence-electron chi connectivity index (χ1n) is 8.03. The van der Waals surface area contributed by atoms with Crippen LogP contribution in [0.4, 0.5) is 0 Å². The highest BCUT2D eigenvalue weighted by Gasteiger charge is 2.28. The van der Waals surface area contributed by atoms with Crippen LogP contribution in [-0.4, -0.2) is 4.57 Å². The van der Waals surface area contributed by atoms with Crippen LogP contribution >= 0.6 is 0 Å². The summed E-state index contributed by atoms with van der Waals surface area (Å²) in [5.74, 6) is 0. The van der Waals surface area contributed by atoms with Gasteiger partial charge in [-0.05, 0) is 44.9 Å². The van der Waals surface area contributed by atoms with Gasteiger partial charge in [-0.15, -0.1) is 0 Å². The Kier molecular flexibility index (Phi) is 3.19. The molecule has 0 saturated heterocycles. The van der Waals surface area contributed by atoms with Crippen molar-refractivity contribution >= 4 is 12.2 Å². The van der Waals surface area contributed by atoms with Gasteiger partial charge in [-0.3, -0.25) is 0 Å². The largest absolute Gasteiger partial charge is 0.345 e. The van der Waals surface area contributed by atoms with Gasteiger partial charge in [-0.1, -0.05) is 44.6 Å². The molecule has 0 amide bonds. The molecule has 0 bridgehead atoms. The Labute approximate surface area is 123 Å². The van der Waals surface area contributed by atoms with Crippen LogP contribution in [0.5, 0.6) is 0 Å². The van der Waals surface area contributed by atoms with Crippen molar-refractivity contribution in [2.45, 2.75) is 66.3 Å². The summed E-state index contributed by atoms with van der Waals surface area (Å²) in [6, 6.07) is 0.573. The van der Waals surface area contributed by atoms with Crippen LogP contribution in [-0.2, 0) is 12.8 Å². The summed E-state index contributed by atoms with van der Waals surface area (Å²) in [6.45, 7) is 11.7. The van der Waals surface area contributed by atoms with Gasteiger partial charge >= 0.3 is 0 Å². The molecular weight excluding hydrogens is 242 g/mol. The van der Waals surface area contributed by atoms with Crippen molar-refractivity contribution in [3.8, 4) is 0 Å². The maximum Gasteiger partial charge on any atom is 0.0280 e. The van der Waals surface area contributed by atoms with Gasteiger partial charge in [0.15, 0.2) is 0 Å². The maximum absolute atomic E-state index is 2.62. The van der Waals surface area contributed by atoms with E-state index in [-0.39, 0.29) is 0 Å². The highest BCUT2D eigenvalue weighted by atomic mass is 15.0. The fourth-order valence-electron chi connectivity index (χ4n) is 3.73. The van der Waals surface area contributed by atoms with Gasteiger partial charge in [0.05, 0.1) is 0 Å². The van der Waals surface area contributed by atoms with E-state index in [0.717, 1.165) is 0 Å². The third-order valence-electron chi connectivity index (χ3n) is 4.76. The number of hydrogen-bond acceptors (Lipinski definition) is 0. The van der Waals surface area contributed by atoms with E-state index in [9.17, 15) is 0 Å². The number of fused-ring (bicyclic) bond motifs is 3. The van der Waals surface area contributed by atoms with Gasteiger partial charge in [0.1, 0.15) is 0 Å². The minimum Gasteiger partial charge on any atom is -0.345 e. The van der Waals surface area contributed by atoms with Gasteiger partial charge in [-0.25, -0.2) is 0 Å².